The fourth-order valence-electron chi connectivity index (χ4n) is 4.45. The van der Waals surface area contributed by atoms with Crippen molar-refractivity contribution in [1.82, 2.24) is 9.62 Å². The molecule has 2 heterocycles. The fourth-order valence-corrected chi connectivity index (χ4v) is 5.56. The number of anilines is 1. The number of hydrogen-bond acceptors (Lipinski definition) is 6. The Morgan fingerprint density at radius 3 is 2.48 bits per heavy atom. The Kier molecular flexibility index (Phi) is 6.39. The summed E-state index contributed by atoms with van der Waals surface area (Å²) in [6.07, 6.45) is 0.768. The molecular formula is C25H29N3O4S. The van der Waals surface area contributed by atoms with Crippen molar-refractivity contribution in [3.05, 3.63) is 60.7 Å². The molecule has 33 heavy (non-hydrogen) atoms. The maximum atomic E-state index is 12.7. The Morgan fingerprint density at radius 2 is 1.64 bits per heavy atom. The summed E-state index contributed by atoms with van der Waals surface area (Å²) < 4.78 is 39.7. The van der Waals surface area contributed by atoms with E-state index < -0.39 is 10.0 Å². The lowest BCUT2D eigenvalue weighted by Crippen LogP contribution is -2.47. The van der Waals surface area contributed by atoms with Gasteiger partial charge in [-0.15, -0.1) is 0 Å². The zero-order chi connectivity index (χ0) is 22.7. The van der Waals surface area contributed by atoms with Gasteiger partial charge in [0.2, 0.25) is 10.0 Å². The summed E-state index contributed by atoms with van der Waals surface area (Å²) in [4.78, 5) is 5.03. The number of nitrogens with zero attached hydrogens (tertiary/aromatic N) is 2. The molecule has 2 aliphatic rings. The van der Waals surface area contributed by atoms with E-state index in [1.54, 1.807) is 12.1 Å². The SMILES string of the molecule is O=S(=O)(NCCCN1CCN(c2cccc3c2OCCO3)CC1)c1ccc2ccccc2c1. The van der Waals surface area contributed by atoms with Gasteiger partial charge < -0.3 is 14.4 Å². The van der Waals surface area contributed by atoms with Crippen molar-refractivity contribution in [3.63, 3.8) is 0 Å². The van der Waals surface area contributed by atoms with Crippen LogP contribution in [-0.4, -0.2) is 65.8 Å². The Hall–Kier alpha value is -2.81. The lowest BCUT2D eigenvalue weighted by atomic mass is 10.1. The third-order valence-electron chi connectivity index (χ3n) is 6.23. The van der Waals surface area contributed by atoms with Gasteiger partial charge in [-0.3, -0.25) is 4.90 Å². The van der Waals surface area contributed by atoms with Crippen LogP contribution in [0.5, 0.6) is 11.5 Å². The minimum atomic E-state index is -3.51. The summed E-state index contributed by atoms with van der Waals surface area (Å²) in [5.41, 5.74) is 1.09. The number of hydrogen-bond donors (Lipinski definition) is 1. The Bertz CT molecular complexity index is 1220. The lowest BCUT2D eigenvalue weighted by Gasteiger charge is -2.37. The number of para-hydroxylation sites is 1. The molecule has 7 nitrogen and oxygen atoms in total. The summed E-state index contributed by atoms with van der Waals surface area (Å²) in [7, 11) is -3.51. The molecule has 174 valence electrons. The van der Waals surface area contributed by atoms with Crippen LogP contribution in [0, 0.1) is 0 Å². The van der Waals surface area contributed by atoms with Gasteiger partial charge in [-0.25, -0.2) is 13.1 Å². The maximum absolute atomic E-state index is 12.7. The van der Waals surface area contributed by atoms with Gasteiger partial charge in [-0.05, 0) is 48.0 Å². The average Bonchev–Trinajstić information content (AvgIpc) is 2.86. The van der Waals surface area contributed by atoms with Crippen molar-refractivity contribution in [1.29, 1.82) is 0 Å². The van der Waals surface area contributed by atoms with Crippen molar-refractivity contribution < 1.29 is 17.9 Å². The molecule has 0 aliphatic carbocycles. The normalized spacial score (nSPS) is 16.8. The van der Waals surface area contributed by atoms with E-state index in [0.29, 0.717) is 24.7 Å². The minimum Gasteiger partial charge on any atom is -0.486 e. The summed E-state index contributed by atoms with van der Waals surface area (Å²) >= 11 is 0. The van der Waals surface area contributed by atoms with Gasteiger partial charge in [0, 0.05) is 32.7 Å². The third-order valence-corrected chi connectivity index (χ3v) is 7.69. The van der Waals surface area contributed by atoms with Crippen LogP contribution >= 0.6 is 0 Å². The highest BCUT2D eigenvalue weighted by atomic mass is 32.2. The molecule has 3 aromatic rings. The van der Waals surface area contributed by atoms with E-state index in [2.05, 4.69) is 20.6 Å². The van der Waals surface area contributed by atoms with Gasteiger partial charge in [0.15, 0.2) is 11.5 Å². The molecule has 0 saturated carbocycles. The first-order chi connectivity index (χ1) is 16.1. The van der Waals surface area contributed by atoms with Crippen LogP contribution in [0.4, 0.5) is 5.69 Å². The lowest BCUT2D eigenvalue weighted by molar-refractivity contribution is 0.171. The van der Waals surface area contributed by atoms with Gasteiger partial charge in [0.25, 0.3) is 0 Å². The quantitative estimate of drug-likeness (QED) is 0.539. The Labute approximate surface area is 195 Å². The van der Waals surface area contributed by atoms with Crippen LogP contribution in [0.1, 0.15) is 6.42 Å². The van der Waals surface area contributed by atoms with Crippen molar-refractivity contribution in [2.75, 3.05) is 57.4 Å². The molecule has 2 aliphatic heterocycles. The summed E-state index contributed by atoms with van der Waals surface area (Å²) in [5.74, 6) is 1.67. The van der Waals surface area contributed by atoms with E-state index in [-0.39, 0.29) is 0 Å². The number of piperazine rings is 1. The molecule has 0 spiro atoms. The number of benzene rings is 3. The van der Waals surface area contributed by atoms with Crippen LogP contribution in [0.3, 0.4) is 0 Å². The first kappa shape index (κ1) is 22.0. The van der Waals surface area contributed by atoms with Crippen molar-refractivity contribution >= 4 is 26.5 Å². The Balaban J connectivity index is 1.10. The number of rotatable bonds is 7. The van der Waals surface area contributed by atoms with E-state index in [1.165, 1.54) is 0 Å². The fraction of sp³-hybridized carbons (Fsp3) is 0.360. The minimum absolute atomic E-state index is 0.312. The predicted octanol–water partition coefficient (Wildman–Crippen LogP) is 3.10. The molecule has 0 bridgehead atoms. The van der Waals surface area contributed by atoms with Gasteiger partial charge >= 0.3 is 0 Å². The van der Waals surface area contributed by atoms with Gasteiger partial charge in [0.05, 0.1) is 10.6 Å². The molecule has 0 unspecified atom stereocenters. The third kappa shape index (κ3) is 4.93. The second-order valence-corrected chi connectivity index (χ2v) is 10.2. The highest BCUT2D eigenvalue weighted by molar-refractivity contribution is 7.89. The molecule has 0 amide bonds. The number of fused-ring (bicyclic) bond motifs is 2. The highest BCUT2D eigenvalue weighted by Gasteiger charge is 2.23. The maximum Gasteiger partial charge on any atom is 0.240 e. The summed E-state index contributed by atoms with van der Waals surface area (Å²) in [5, 5.41) is 1.96. The van der Waals surface area contributed by atoms with E-state index in [4.69, 9.17) is 9.47 Å². The largest absolute Gasteiger partial charge is 0.486 e. The van der Waals surface area contributed by atoms with Crippen molar-refractivity contribution in [3.8, 4) is 11.5 Å². The van der Waals surface area contributed by atoms with Gasteiger partial charge in [-0.2, -0.15) is 0 Å². The molecule has 5 rings (SSSR count). The summed E-state index contributed by atoms with van der Waals surface area (Å²) in [6, 6.07) is 19.1. The monoisotopic (exact) mass is 467 g/mol. The van der Waals surface area contributed by atoms with Crippen molar-refractivity contribution in [2.24, 2.45) is 0 Å². The molecular weight excluding hydrogens is 438 g/mol. The smallest absolute Gasteiger partial charge is 0.240 e. The molecule has 1 fully saturated rings. The molecule has 8 heteroatoms. The first-order valence-electron chi connectivity index (χ1n) is 11.4. The second kappa shape index (κ2) is 9.59. The van der Waals surface area contributed by atoms with E-state index in [9.17, 15) is 8.42 Å². The number of sulfonamides is 1. The topological polar surface area (TPSA) is 71.1 Å². The highest BCUT2D eigenvalue weighted by Crippen LogP contribution is 2.39. The van der Waals surface area contributed by atoms with Gasteiger partial charge in [0.1, 0.15) is 13.2 Å². The predicted molar refractivity (Wildman–Crippen MR) is 130 cm³/mol. The van der Waals surface area contributed by atoms with Crippen molar-refractivity contribution in [2.45, 2.75) is 11.3 Å². The van der Waals surface area contributed by atoms with Gasteiger partial charge in [-0.1, -0.05) is 36.4 Å². The molecule has 0 aromatic heterocycles. The van der Waals surface area contributed by atoms with Crippen LogP contribution in [0.2, 0.25) is 0 Å². The van der Waals surface area contributed by atoms with Crippen LogP contribution < -0.4 is 19.1 Å². The van der Waals surface area contributed by atoms with Crippen LogP contribution in [-0.2, 0) is 10.0 Å². The number of nitrogens with one attached hydrogen (secondary N) is 1. The average molecular weight is 468 g/mol. The standard InChI is InChI=1S/C25H29N3O4S/c29-33(30,22-10-9-20-5-1-2-6-21(20)19-22)26-11-4-12-27-13-15-28(16-14-27)23-7-3-8-24-25(23)32-18-17-31-24/h1-3,5-10,19,26H,4,11-18H2. The summed E-state index contributed by atoms with van der Waals surface area (Å²) in [6.45, 7) is 6.14. The molecule has 1 N–H and O–H groups in total. The van der Waals surface area contributed by atoms with E-state index in [0.717, 1.165) is 67.1 Å². The first-order valence-corrected chi connectivity index (χ1v) is 12.9. The van der Waals surface area contributed by atoms with Crippen LogP contribution in [0.25, 0.3) is 10.8 Å². The second-order valence-electron chi connectivity index (χ2n) is 8.39. The molecule has 0 atom stereocenters. The zero-order valence-electron chi connectivity index (χ0n) is 18.6. The Morgan fingerprint density at radius 1 is 0.848 bits per heavy atom. The van der Waals surface area contributed by atoms with E-state index >= 15 is 0 Å². The number of ether oxygens (including phenoxy) is 2. The van der Waals surface area contributed by atoms with E-state index in [1.807, 2.05) is 42.5 Å². The molecule has 1 saturated heterocycles. The zero-order valence-corrected chi connectivity index (χ0v) is 19.4. The van der Waals surface area contributed by atoms with Crippen LogP contribution in [0.15, 0.2) is 65.6 Å². The molecule has 0 radical (unpaired) electrons. The molecule has 3 aromatic carbocycles.